The van der Waals surface area contributed by atoms with Crippen LogP contribution in [-0.2, 0) is 11.3 Å². The molecule has 0 heterocycles. The Kier molecular flexibility index (Phi) is 5.16. The van der Waals surface area contributed by atoms with Gasteiger partial charge in [-0.05, 0) is 43.0 Å². The molecule has 1 amide bonds. The zero-order valence-electron chi connectivity index (χ0n) is 11.6. The van der Waals surface area contributed by atoms with Gasteiger partial charge in [0.05, 0.1) is 7.11 Å². The van der Waals surface area contributed by atoms with Gasteiger partial charge in [0, 0.05) is 19.5 Å². The third-order valence-electron chi connectivity index (χ3n) is 3.19. The van der Waals surface area contributed by atoms with Crippen molar-refractivity contribution >= 4 is 5.91 Å². The first-order chi connectivity index (χ1) is 8.51. The molecular formula is C14H22N2O2. The molecule has 1 rings (SSSR count). The van der Waals surface area contributed by atoms with Crippen molar-refractivity contribution < 1.29 is 9.53 Å². The highest BCUT2D eigenvalue weighted by molar-refractivity contribution is 5.76. The summed E-state index contributed by atoms with van der Waals surface area (Å²) < 4.78 is 5.37. The number of amides is 1. The smallest absolute Gasteiger partial charge is 0.221 e. The van der Waals surface area contributed by atoms with Crippen LogP contribution < -0.4 is 15.8 Å². The first-order valence-corrected chi connectivity index (χ1v) is 6.11. The molecule has 0 atom stereocenters. The lowest BCUT2D eigenvalue weighted by atomic mass is 9.98. The summed E-state index contributed by atoms with van der Waals surface area (Å²) in [5.74, 6) is 0.910. The van der Waals surface area contributed by atoms with E-state index in [0.29, 0.717) is 19.5 Å². The van der Waals surface area contributed by atoms with Crippen LogP contribution in [0.25, 0.3) is 0 Å². The minimum Gasteiger partial charge on any atom is -0.496 e. The molecule has 100 valence electrons. The number of aryl methyl sites for hydroxylation is 1. The number of carbonyl (C=O) groups is 1. The molecule has 1 aromatic rings. The third kappa shape index (κ3) is 3.23. The molecular weight excluding hydrogens is 228 g/mol. The first-order valence-electron chi connectivity index (χ1n) is 6.11. The predicted molar refractivity (Wildman–Crippen MR) is 72.7 cm³/mol. The average molecular weight is 250 g/mol. The molecule has 0 bridgehead atoms. The summed E-state index contributed by atoms with van der Waals surface area (Å²) in [6.45, 7) is 7.01. The van der Waals surface area contributed by atoms with Crippen molar-refractivity contribution in [3.63, 3.8) is 0 Å². The Morgan fingerprint density at radius 1 is 1.33 bits per heavy atom. The Morgan fingerprint density at radius 3 is 2.56 bits per heavy atom. The van der Waals surface area contributed by atoms with E-state index in [1.807, 2.05) is 20.8 Å². The number of benzene rings is 1. The van der Waals surface area contributed by atoms with Crippen LogP contribution in [0.15, 0.2) is 6.07 Å². The molecule has 0 spiro atoms. The van der Waals surface area contributed by atoms with Crippen molar-refractivity contribution in [1.82, 2.24) is 5.32 Å². The van der Waals surface area contributed by atoms with E-state index in [-0.39, 0.29) is 5.91 Å². The van der Waals surface area contributed by atoms with Crippen molar-refractivity contribution in [3.05, 3.63) is 28.3 Å². The highest BCUT2D eigenvalue weighted by Gasteiger charge is 2.11. The van der Waals surface area contributed by atoms with Crippen LogP contribution in [0.3, 0.4) is 0 Å². The Hall–Kier alpha value is -1.55. The van der Waals surface area contributed by atoms with Crippen LogP contribution in [0.2, 0.25) is 0 Å². The van der Waals surface area contributed by atoms with Crippen molar-refractivity contribution in [1.29, 1.82) is 0 Å². The molecule has 0 saturated carbocycles. The standard InChI is InChI=1S/C14H22N2O2/c1-9-7-12(8-16-13(17)5-6-15)10(2)11(3)14(9)18-4/h7H,5-6,8,15H2,1-4H3,(H,16,17). The van der Waals surface area contributed by atoms with Gasteiger partial charge in [0.15, 0.2) is 0 Å². The molecule has 18 heavy (non-hydrogen) atoms. The molecule has 0 aliphatic heterocycles. The minimum absolute atomic E-state index is 0.0111. The topological polar surface area (TPSA) is 64.3 Å². The second-order valence-electron chi connectivity index (χ2n) is 4.45. The van der Waals surface area contributed by atoms with Gasteiger partial charge >= 0.3 is 0 Å². The summed E-state index contributed by atoms with van der Waals surface area (Å²) in [5, 5.41) is 2.87. The summed E-state index contributed by atoms with van der Waals surface area (Å²) in [6.07, 6.45) is 0.368. The first kappa shape index (κ1) is 14.5. The molecule has 0 aliphatic rings. The summed E-state index contributed by atoms with van der Waals surface area (Å²) >= 11 is 0. The fourth-order valence-corrected chi connectivity index (χ4v) is 2.05. The number of hydrogen-bond donors (Lipinski definition) is 2. The zero-order chi connectivity index (χ0) is 13.7. The number of carbonyl (C=O) groups excluding carboxylic acids is 1. The van der Waals surface area contributed by atoms with E-state index in [2.05, 4.69) is 11.4 Å². The maximum Gasteiger partial charge on any atom is 0.221 e. The van der Waals surface area contributed by atoms with E-state index < -0.39 is 0 Å². The Labute approximate surface area is 109 Å². The summed E-state index contributed by atoms with van der Waals surface area (Å²) in [6, 6.07) is 2.06. The van der Waals surface area contributed by atoms with Gasteiger partial charge < -0.3 is 15.8 Å². The van der Waals surface area contributed by atoms with Crippen LogP contribution in [-0.4, -0.2) is 19.6 Å². The predicted octanol–water partition coefficient (Wildman–Crippen LogP) is 1.59. The number of hydrogen-bond acceptors (Lipinski definition) is 3. The second-order valence-corrected chi connectivity index (χ2v) is 4.45. The van der Waals surface area contributed by atoms with E-state index in [4.69, 9.17) is 10.5 Å². The zero-order valence-corrected chi connectivity index (χ0v) is 11.6. The minimum atomic E-state index is -0.0111. The summed E-state index contributed by atoms with van der Waals surface area (Å²) in [5.41, 5.74) is 9.83. The maximum absolute atomic E-state index is 11.4. The third-order valence-corrected chi connectivity index (χ3v) is 3.19. The van der Waals surface area contributed by atoms with Gasteiger partial charge in [-0.1, -0.05) is 6.07 Å². The van der Waals surface area contributed by atoms with Gasteiger partial charge in [-0.25, -0.2) is 0 Å². The van der Waals surface area contributed by atoms with Crippen LogP contribution in [0, 0.1) is 20.8 Å². The van der Waals surface area contributed by atoms with Crippen molar-refractivity contribution in [3.8, 4) is 5.75 Å². The molecule has 4 nitrogen and oxygen atoms in total. The number of ether oxygens (including phenoxy) is 1. The molecule has 0 unspecified atom stereocenters. The van der Waals surface area contributed by atoms with Gasteiger partial charge in [0.25, 0.3) is 0 Å². The van der Waals surface area contributed by atoms with Crippen LogP contribution in [0.5, 0.6) is 5.75 Å². The Balaban J connectivity index is 2.88. The van der Waals surface area contributed by atoms with Crippen molar-refractivity contribution in [2.75, 3.05) is 13.7 Å². The maximum atomic E-state index is 11.4. The lowest BCUT2D eigenvalue weighted by Crippen LogP contribution is -2.25. The summed E-state index contributed by atoms with van der Waals surface area (Å²) in [4.78, 5) is 11.4. The number of rotatable bonds is 5. The number of nitrogens with one attached hydrogen (secondary N) is 1. The molecule has 4 heteroatoms. The van der Waals surface area contributed by atoms with Crippen molar-refractivity contribution in [2.45, 2.75) is 33.7 Å². The normalized spacial score (nSPS) is 10.3. The highest BCUT2D eigenvalue weighted by atomic mass is 16.5. The largest absolute Gasteiger partial charge is 0.496 e. The van der Waals surface area contributed by atoms with E-state index in [1.54, 1.807) is 7.11 Å². The monoisotopic (exact) mass is 250 g/mol. The number of methoxy groups -OCH3 is 1. The van der Waals surface area contributed by atoms with Crippen LogP contribution >= 0.6 is 0 Å². The van der Waals surface area contributed by atoms with Gasteiger partial charge in [0.1, 0.15) is 5.75 Å². The van der Waals surface area contributed by atoms with Gasteiger partial charge in [-0.15, -0.1) is 0 Å². The molecule has 0 aliphatic carbocycles. The van der Waals surface area contributed by atoms with E-state index in [1.165, 1.54) is 0 Å². The van der Waals surface area contributed by atoms with E-state index >= 15 is 0 Å². The molecule has 0 radical (unpaired) electrons. The van der Waals surface area contributed by atoms with Crippen LogP contribution in [0.1, 0.15) is 28.7 Å². The van der Waals surface area contributed by atoms with Gasteiger partial charge in [-0.3, -0.25) is 4.79 Å². The molecule has 0 aromatic heterocycles. The fraction of sp³-hybridized carbons (Fsp3) is 0.500. The highest BCUT2D eigenvalue weighted by Crippen LogP contribution is 2.28. The van der Waals surface area contributed by atoms with Gasteiger partial charge in [0.2, 0.25) is 5.91 Å². The Morgan fingerprint density at radius 2 is 2.00 bits per heavy atom. The van der Waals surface area contributed by atoms with Gasteiger partial charge in [-0.2, -0.15) is 0 Å². The quantitative estimate of drug-likeness (QED) is 0.834. The van der Waals surface area contributed by atoms with Crippen LogP contribution in [0.4, 0.5) is 0 Å². The molecule has 1 aromatic carbocycles. The van der Waals surface area contributed by atoms with E-state index in [9.17, 15) is 4.79 Å². The van der Waals surface area contributed by atoms with E-state index in [0.717, 1.165) is 28.0 Å². The molecule has 3 N–H and O–H groups in total. The average Bonchev–Trinajstić information content (AvgIpc) is 2.33. The molecule has 0 fully saturated rings. The SMILES string of the molecule is COc1c(C)cc(CNC(=O)CCN)c(C)c1C. The Bertz CT molecular complexity index is 442. The lowest BCUT2D eigenvalue weighted by molar-refractivity contribution is -0.121. The fourth-order valence-electron chi connectivity index (χ4n) is 2.05. The summed E-state index contributed by atoms with van der Waals surface area (Å²) in [7, 11) is 1.68. The second kappa shape index (κ2) is 6.40. The van der Waals surface area contributed by atoms with Crippen molar-refractivity contribution in [2.24, 2.45) is 5.73 Å². The molecule has 0 saturated heterocycles. The lowest BCUT2D eigenvalue weighted by Gasteiger charge is -2.16. The number of nitrogens with two attached hydrogens (primary N) is 1.